The lowest BCUT2D eigenvalue weighted by Crippen LogP contribution is -2.29. The molecule has 0 aliphatic carbocycles. The number of primary amides is 1. The monoisotopic (exact) mass is 318 g/mol. The lowest BCUT2D eigenvalue weighted by Gasteiger charge is -2.13. The number of nitrogens with zero attached hydrogens (tertiary/aromatic N) is 3. The number of hydrogen-bond donors (Lipinski definition) is 1. The van der Waals surface area contributed by atoms with Gasteiger partial charge in [0.15, 0.2) is 0 Å². The molecule has 90 valence electrons. The standard InChI is InChI=1S/C9H8BrClN4O2/c10-5-2-13-9(14-7(5)11)15-3-4(8(12)17)1-6(15)16/h2,4H,1,3H2,(H2,12,17). The van der Waals surface area contributed by atoms with Crippen LogP contribution in [-0.4, -0.2) is 28.3 Å². The number of rotatable bonds is 2. The van der Waals surface area contributed by atoms with Gasteiger partial charge in [-0.3, -0.25) is 14.5 Å². The van der Waals surface area contributed by atoms with Crippen molar-refractivity contribution in [3.8, 4) is 0 Å². The molecule has 0 saturated carbocycles. The van der Waals surface area contributed by atoms with Crippen molar-refractivity contribution in [2.75, 3.05) is 11.4 Å². The van der Waals surface area contributed by atoms with Crippen molar-refractivity contribution in [1.82, 2.24) is 9.97 Å². The highest BCUT2D eigenvalue weighted by molar-refractivity contribution is 9.10. The van der Waals surface area contributed by atoms with E-state index in [0.29, 0.717) is 4.47 Å². The van der Waals surface area contributed by atoms with Crippen LogP contribution in [0.5, 0.6) is 0 Å². The van der Waals surface area contributed by atoms with Gasteiger partial charge in [0.05, 0.1) is 10.4 Å². The fraction of sp³-hybridized carbons (Fsp3) is 0.333. The molecule has 0 bridgehead atoms. The van der Waals surface area contributed by atoms with Crippen molar-refractivity contribution < 1.29 is 9.59 Å². The maximum Gasteiger partial charge on any atom is 0.233 e. The third-order valence-corrected chi connectivity index (χ3v) is 3.55. The van der Waals surface area contributed by atoms with Crippen molar-refractivity contribution in [1.29, 1.82) is 0 Å². The van der Waals surface area contributed by atoms with E-state index in [1.54, 1.807) is 0 Å². The normalized spacial score (nSPS) is 19.8. The first kappa shape index (κ1) is 12.3. The molecule has 2 N–H and O–H groups in total. The molecule has 1 fully saturated rings. The van der Waals surface area contributed by atoms with E-state index < -0.39 is 11.8 Å². The molecule has 0 spiro atoms. The van der Waals surface area contributed by atoms with E-state index >= 15 is 0 Å². The van der Waals surface area contributed by atoms with Crippen LogP contribution in [0.1, 0.15) is 6.42 Å². The van der Waals surface area contributed by atoms with Gasteiger partial charge in [-0.05, 0) is 15.9 Å². The van der Waals surface area contributed by atoms with Crippen molar-refractivity contribution >= 4 is 45.3 Å². The van der Waals surface area contributed by atoms with Crippen LogP contribution >= 0.6 is 27.5 Å². The minimum Gasteiger partial charge on any atom is -0.369 e. The average molecular weight is 320 g/mol. The van der Waals surface area contributed by atoms with Crippen LogP contribution in [0.2, 0.25) is 5.15 Å². The summed E-state index contributed by atoms with van der Waals surface area (Å²) in [6, 6.07) is 0. The maximum absolute atomic E-state index is 11.7. The van der Waals surface area contributed by atoms with Gasteiger partial charge in [-0.2, -0.15) is 4.98 Å². The Kier molecular flexibility index (Phi) is 3.30. The number of carbonyl (C=O) groups excluding carboxylic acids is 2. The highest BCUT2D eigenvalue weighted by atomic mass is 79.9. The van der Waals surface area contributed by atoms with Gasteiger partial charge < -0.3 is 5.73 Å². The third kappa shape index (κ3) is 2.39. The van der Waals surface area contributed by atoms with Gasteiger partial charge in [-0.15, -0.1) is 0 Å². The summed E-state index contributed by atoms with van der Waals surface area (Å²) in [5.41, 5.74) is 5.16. The Morgan fingerprint density at radius 1 is 1.65 bits per heavy atom. The van der Waals surface area contributed by atoms with E-state index in [4.69, 9.17) is 17.3 Å². The molecular formula is C9H8BrClN4O2. The minimum absolute atomic E-state index is 0.0897. The molecule has 6 nitrogen and oxygen atoms in total. The molecule has 8 heteroatoms. The summed E-state index contributed by atoms with van der Waals surface area (Å²) in [5, 5.41) is 0.213. The summed E-state index contributed by atoms with van der Waals surface area (Å²) in [4.78, 5) is 31.9. The molecule has 2 amide bonds. The lowest BCUT2D eigenvalue weighted by molar-refractivity contribution is -0.123. The Balaban J connectivity index is 2.26. The van der Waals surface area contributed by atoms with Crippen LogP contribution in [0.3, 0.4) is 0 Å². The van der Waals surface area contributed by atoms with E-state index in [9.17, 15) is 9.59 Å². The van der Waals surface area contributed by atoms with Crippen LogP contribution in [-0.2, 0) is 9.59 Å². The molecule has 0 aromatic carbocycles. The average Bonchev–Trinajstić information content (AvgIpc) is 2.65. The van der Waals surface area contributed by atoms with E-state index in [1.807, 2.05) is 0 Å². The molecule has 1 saturated heterocycles. The molecule has 17 heavy (non-hydrogen) atoms. The van der Waals surface area contributed by atoms with Gasteiger partial charge in [0, 0.05) is 19.2 Å². The van der Waals surface area contributed by atoms with Crippen LogP contribution in [0.15, 0.2) is 10.7 Å². The topological polar surface area (TPSA) is 89.2 Å². The van der Waals surface area contributed by atoms with E-state index in [-0.39, 0.29) is 30.0 Å². The Morgan fingerprint density at radius 3 is 2.88 bits per heavy atom. The second-order valence-electron chi connectivity index (χ2n) is 3.62. The maximum atomic E-state index is 11.7. The summed E-state index contributed by atoms with van der Waals surface area (Å²) < 4.78 is 0.543. The van der Waals surface area contributed by atoms with Crippen molar-refractivity contribution in [2.45, 2.75) is 6.42 Å². The van der Waals surface area contributed by atoms with Gasteiger partial charge in [-0.25, -0.2) is 4.98 Å². The number of aromatic nitrogens is 2. The highest BCUT2D eigenvalue weighted by Crippen LogP contribution is 2.25. The summed E-state index contributed by atoms with van der Waals surface area (Å²) in [5.74, 6) is -1.03. The summed E-state index contributed by atoms with van der Waals surface area (Å²) in [6.07, 6.45) is 1.54. The number of hydrogen-bond acceptors (Lipinski definition) is 4. The zero-order valence-corrected chi connectivity index (χ0v) is 10.9. The first-order chi connectivity index (χ1) is 7.99. The number of halogens is 2. The number of anilines is 1. The van der Waals surface area contributed by atoms with E-state index in [2.05, 4.69) is 25.9 Å². The molecule has 2 heterocycles. The van der Waals surface area contributed by atoms with E-state index in [1.165, 1.54) is 11.1 Å². The number of carbonyl (C=O) groups is 2. The summed E-state index contributed by atoms with van der Waals surface area (Å²) >= 11 is 8.96. The van der Waals surface area contributed by atoms with Gasteiger partial charge in [0.2, 0.25) is 17.8 Å². The van der Waals surface area contributed by atoms with Crippen molar-refractivity contribution in [3.05, 3.63) is 15.8 Å². The summed E-state index contributed by atoms with van der Waals surface area (Å²) in [6.45, 7) is 0.201. The first-order valence-electron chi connectivity index (χ1n) is 4.76. The molecule has 1 atom stereocenters. The van der Waals surface area contributed by atoms with E-state index in [0.717, 1.165) is 0 Å². The zero-order chi connectivity index (χ0) is 12.6. The van der Waals surface area contributed by atoms with Gasteiger partial charge in [0.25, 0.3) is 0 Å². The summed E-state index contributed by atoms with van der Waals surface area (Å²) in [7, 11) is 0. The molecule has 1 aromatic rings. The Hall–Kier alpha value is -1.21. The number of amides is 2. The van der Waals surface area contributed by atoms with Gasteiger partial charge in [0.1, 0.15) is 5.15 Å². The molecule has 1 aliphatic rings. The lowest BCUT2D eigenvalue weighted by atomic mass is 10.1. The molecule has 1 aromatic heterocycles. The fourth-order valence-electron chi connectivity index (χ4n) is 1.56. The van der Waals surface area contributed by atoms with Crippen molar-refractivity contribution in [2.24, 2.45) is 11.7 Å². The number of nitrogens with two attached hydrogens (primary N) is 1. The highest BCUT2D eigenvalue weighted by Gasteiger charge is 2.35. The predicted molar refractivity (Wildman–Crippen MR) is 64.4 cm³/mol. The molecular weight excluding hydrogens is 311 g/mol. The molecule has 2 rings (SSSR count). The van der Waals surface area contributed by atoms with Gasteiger partial charge >= 0.3 is 0 Å². The quantitative estimate of drug-likeness (QED) is 0.814. The predicted octanol–water partition coefficient (Wildman–Crippen LogP) is 0.731. The first-order valence-corrected chi connectivity index (χ1v) is 5.94. The second-order valence-corrected chi connectivity index (χ2v) is 4.83. The fourth-order valence-corrected chi connectivity index (χ4v) is 1.87. The third-order valence-electron chi connectivity index (χ3n) is 2.46. The molecule has 0 radical (unpaired) electrons. The Labute approximate surface area is 110 Å². The SMILES string of the molecule is NC(=O)C1CC(=O)N(c2ncc(Br)c(Cl)n2)C1. The zero-order valence-electron chi connectivity index (χ0n) is 8.56. The van der Waals surface area contributed by atoms with Crippen LogP contribution in [0, 0.1) is 5.92 Å². The molecule has 1 aliphatic heterocycles. The largest absolute Gasteiger partial charge is 0.369 e. The van der Waals surface area contributed by atoms with Crippen molar-refractivity contribution in [3.63, 3.8) is 0 Å². The Bertz CT molecular complexity index is 496. The Morgan fingerprint density at radius 2 is 2.35 bits per heavy atom. The molecule has 1 unspecified atom stereocenters. The van der Waals surface area contributed by atoms with Gasteiger partial charge in [-0.1, -0.05) is 11.6 Å². The minimum atomic E-state index is -0.496. The smallest absolute Gasteiger partial charge is 0.233 e. The van der Waals surface area contributed by atoms with Crippen LogP contribution in [0.4, 0.5) is 5.95 Å². The van der Waals surface area contributed by atoms with Crippen LogP contribution in [0.25, 0.3) is 0 Å². The van der Waals surface area contributed by atoms with Crippen LogP contribution < -0.4 is 10.6 Å². The second kappa shape index (κ2) is 4.58.